The van der Waals surface area contributed by atoms with E-state index in [4.69, 9.17) is 0 Å². The second-order valence-electron chi connectivity index (χ2n) is 7.33. The van der Waals surface area contributed by atoms with Gasteiger partial charge in [-0.1, -0.05) is 34.6 Å². The lowest BCUT2D eigenvalue weighted by atomic mass is 9.68. The summed E-state index contributed by atoms with van der Waals surface area (Å²) in [6.07, 6.45) is 4.34. The van der Waals surface area contributed by atoms with Crippen molar-refractivity contribution in [1.82, 2.24) is 10.2 Å². The Balaban J connectivity index is 1.89. The molecule has 2 rings (SSSR count). The third kappa shape index (κ3) is 2.34. The molecule has 3 unspecified atom stereocenters. The van der Waals surface area contributed by atoms with Gasteiger partial charge in [0.2, 0.25) is 0 Å². The van der Waals surface area contributed by atoms with Gasteiger partial charge in [0, 0.05) is 19.1 Å². The lowest BCUT2D eigenvalue weighted by Gasteiger charge is -2.43. The Hall–Kier alpha value is -0.0800. The van der Waals surface area contributed by atoms with E-state index in [1.165, 1.54) is 38.9 Å². The summed E-state index contributed by atoms with van der Waals surface area (Å²) in [5.41, 5.74) is 1.06. The molecule has 0 aliphatic heterocycles. The molecule has 0 heterocycles. The fourth-order valence-electron chi connectivity index (χ4n) is 4.72. The molecule has 2 aliphatic rings. The summed E-state index contributed by atoms with van der Waals surface area (Å²) in [7, 11) is 0. The highest BCUT2D eigenvalue weighted by atomic mass is 15.1. The smallest absolute Gasteiger partial charge is 0.0175 e. The van der Waals surface area contributed by atoms with Gasteiger partial charge in [0.1, 0.15) is 0 Å². The molecule has 2 fully saturated rings. The maximum atomic E-state index is 3.90. The van der Waals surface area contributed by atoms with E-state index in [-0.39, 0.29) is 0 Å². The van der Waals surface area contributed by atoms with Crippen LogP contribution in [0.15, 0.2) is 0 Å². The van der Waals surface area contributed by atoms with Crippen LogP contribution in [0.25, 0.3) is 0 Å². The topological polar surface area (TPSA) is 15.3 Å². The van der Waals surface area contributed by atoms with Gasteiger partial charge >= 0.3 is 0 Å². The predicted octanol–water partition coefficient (Wildman–Crippen LogP) is 3.13. The number of fused-ring (bicyclic) bond motifs is 2. The van der Waals surface area contributed by atoms with Crippen molar-refractivity contribution in [2.75, 3.05) is 26.2 Å². The molecule has 3 atom stereocenters. The molecule has 0 saturated heterocycles. The lowest BCUT2D eigenvalue weighted by Crippen LogP contribution is -2.51. The van der Waals surface area contributed by atoms with Crippen LogP contribution in [0.3, 0.4) is 0 Å². The van der Waals surface area contributed by atoms with E-state index in [0.717, 1.165) is 18.5 Å². The van der Waals surface area contributed by atoms with Crippen molar-refractivity contribution < 1.29 is 0 Å². The van der Waals surface area contributed by atoms with Gasteiger partial charge in [-0.15, -0.1) is 0 Å². The van der Waals surface area contributed by atoms with E-state index in [0.29, 0.717) is 10.8 Å². The summed E-state index contributed by atoms with van der Waals surface area (Å²) in [6.45, 7) is 16.7. The molecule has 0 aromatic heterocycles. The van der Waals surface area contributed by atoms with Crippen LogP contribution in [0.5, 0.6) is 0 Å². The zero-order valence-electron chi connectivity index (χ0n) is 13.1. The van der Waals surface area contributed by atoms with Gasteiger partial charge in [0.15, 0.2) is 0 Å². The molecule has 0 radical (unpaired) electrons. The zero-order valence-corrected chi connectivity index (χ0v) is 13.1. The molecular weight excluding hydrogens is 220 g/mol. The highest BCUT2D eigenvalue weighted by molar-refractivity contribution is 5.11. The van der Waals surface area contributed by atoms with Gasteiger partial charge in [-0.25, -0.2) is 0 Å². The Morgan fingerprint density at radius 1 is 1.17 bits per heavy atom. The van der Waals surface area contributed by atoms with Crippen molar-refractivity contribution >= 4 is 0 Å². The Bertz CT molecular complexity index is 278. The quantitative estimate of drug-likeness (QED) is 0.781. The number of likely N-dealkylation sites (N-methyl/N-ethyl adjacent to an activating group) is 1. The molecule has 0 spiro atoms. The van der Waals surface area contributed by atoms with Crippen molar-refractivity contribution in [2.24, 2.45) is 16.7 Å². The molecule has 18 heavy (non-hydrogen) atoms. The molecule has 2 saturated carbocycles. The minimum atomic E-state index is 0.496. The monoisotopic (exact) mass is 252 g/mol. The molecule has 2 nitrogen and oxygen atoms in total. The van der Waals surface area contributed by atoms with E-state index in [1.807, 2.05) is 0 Å². The second-order valence-corrected chi connectivity index (χ2v) is 7.33. The molecular formula is C16H32N2. The molecule has 2 heteroatoms. The van der Waals surface area contributed by atoms with Gasteiger partial charge in [-0.3, -0.25) is 0 Å². The normalized spacial score (nSPS) is 37.7. The van der Waals surface area contributed by atoms with E-state index in [1.54, 1.807) is 0 Å². The minimum Gasteiger partial charge on any atom is -0.312 e. The average molecular weight is 252 g/mol. The zero-order chi connectivity index (χ0) is 13.4. The Morgan fingerprint density at radius 3 is 2.33 bits per heavy atom. The molecule has 2 aliphatic carbocycles. The van der Waals surface area contributed by atoms with Crippen LogP contribution in [-0.2, 0) is 0 Å². The maximum absolute atomic E-state index is 3.90. The summed E-state index contributed by atoms with van der Waals surface area (Å²) in [4.78, 5) is 2.51. The van der Waals surface area contributed by atoms with Crippen molar-refractivity contribution in [3.8, 4) is 0 Å². The van der Waals surface area contributed by atoms with Crippen LogP contribution < -0.4 is 5.32 Å². The minimum absolute atomic E-state index is 0.496. The molecule has 2 bridgehead atoms. The Labute approximate surface area is 114 Å². The predicted molar refractivity (Wildman–Crippen MR) is 78.8 cm³/mol. The van der Waals surface area contributed by atoms with Gasteiger partial charge in [0.05, 0.1) is 0 Å². The third-order valence-electron chi connectivity index (χ3n) is 5.94. The van der Waals surface area contributed by atoms with Crippen LogP contribution >= 0.6 is 0 Å². The van der Waals surface area contributed by atoms with E-state index >= 15 is 0 Å². The number of hydrogen-bond donors (Lipinski definition) is 1. The van der Waals surface area contributed by atoms with E-state index in [9.17, 15) is 0 Å². The van der Waals surface area contributed by atoms with Gasteiger partial charge in [-0.2, -0.15) is 0 Å². The number of nitrogens with zero attached hydrogens (tertiary/aromatic N) is 1. The molecule has 0 aromatic rings. The molecule has 106 valence electrons. The van der Waals surface area contributed by atoms with Crippen LogP contribution in [0, 0.1) is 16.7 Å². The first-order valence-corrected chi connectivity index (χ1v) is 7.89. The number of hydrogen-bond acceptors (Lipinski definition) is 2. The molecule has 0 aromatic carbocycles. The summed E-state index contributed by atoms with van der Waals surface area (Å²) in [5.74, 6) is 0.952. The maximum Gasteiger partial charge on any atom is 0.0175 e. The second kappa shape index (κ2) is 5.13. The van der Waals surface area contributed by atoms with Crippen molar-refractivity contribution in [2.45, 2.75) is 59.9 Å². The first kappa shape index (κ1) is 14.3. The number of nitrogens with one attached hydrogen (secondary N) is 1. The first-order chi connectivity index (χ1) is 8.44. The van der Waals surface area contributed by atoms with Crippen molar-refractivity contribution in [3.05, 3.63) is 0 Å². The van der Waals surface area contributed by atoms with Gasteiger partial charge in [0.25, 0.3) is 0 Å². The van der Waals surface area contributed by atoms with Crippen LogP contribution in [-0.4, -0.2) is 37.1 Å². The van der Waals surface area contributed by atoms with Gasteiger partial charge < -0.3 is 10.2 Å². The van der Waals surface area contributed by atoms with Crippen LogP contribution in [0.4, 0.5) is 0 Å². The molecule has 1 N–H and O–H groups in total. The summed E-state index contributed by atoms with van der Waals surface area (Å²) in [6, 6.07) is 0.722. The largest absolute Gasteiger partial charge is 0.312 e. The first-order valence-electron chi connectivity index (χ1n) is 7.89. The van der Waals surface area contributed by atoms with Gasteiger partial charge in [-0.05, 0) is 49.1 Å². The van der Waals surface area contributed by atoms with E-state index < -0.39 is 0 Å². The lowest BCUT2D eigenvalue weighted by molar-refractivity contribution is 0.106. The van der Waals surface area contributed by atoms with Crippen LogP contribution in [0.1, 0.15) is 53.9 Å². The summed E-state index contributed by atoms with van der Waals surface area (Å²) in [5, 5.41) is 3.90. The fourth-order valence-corrected chi connectivity index (χ4v) is 4.72. The average Bonchev–Trinajstić information content (AvgIpc) is 2.79. The summed E-state index contributed by atoms with van der Waals surface area (Å²) >= 11 is 0. The fraction of sp³-hybridized carbons (Fsp3) is 1.00. The van der Waals surface area contributed by atoms with Crippen molar-refractivity contribution in [3.63, 3.8) is 0 Å². The summed E-state index contributed by atoms with van der Waals surface area (Å²) < 4.78 is 0. The standard InChI is InChI=1S/C16H32N2/c1-6-18(7-2)11-10-17-14-15(3,4)13-8-9-16(14,5)12-13/h13-14,17H,6-12H2,1-5H3. The van der Waals surface area contributed by atoms with Crippen molar-refractivity contribution in [1.29, 1.82) is 0 Å². The SMILES string of the molecule is CCN(CC)CCNC1C2(C)CCC(C2)C1(C)C. The number of rotatable bonds is 6. The Morgan fingerprint density at radius 2 is 1.83 bits per heavy atom. The highest BCUT2D eigenvalue weighted by Gasteiger charge is 2.58. The van der Waals surface area contributed by atoms with Crippen LogP contribution in [0.2, 0.25) is 0 Å². The highest BCUT2D eigenvalue weighted by Crippen LogP contribution is 2.62. The molecule has 0 amide bonds. The Kier molecular flexibility index (Phi) is 4.08. The van der Waals surface area contributed by atoms with E-state index in [2.05, 4.69) is 44.8 Å². The third-order valence-corrected chi connectivity index (χ3v) is 5.94.